The minimum Gasteiger partial charge on any atom is -0.496 e. The number of nitrogens with two attached hydrogens (primary N) is 1. The minimum atomic E-state index is 0.380. The Labute approximate surface area is 99.2 Å². The first kappa shape index (κ1) is 11.2. The average Bonchev–Trinajstić information content (AvgIpc) is 2.27. The summed E-state index contributed by atoms with van der Waals surface area (Å²) in [5.41, 5.74) is 8.38. The van der Waals surface area contributed by atoms with Crippen molar-refractivity contribution in [3.05, 3.63) is 34.5 Å². The van der Waals surface area contributed by atoms with Gasteiger partial charge in [0, 0.05) is 23.2 Å². The summed E-state index contributed by atoms with van der Waals surface area (Å²) in [5.74, 6) is 0.752. The van der Waals surface area contributed by atoms with Gasteiger partial charge >= 0.3 is 0 Å². The first-order chi connectivity index (χ1) is 7.67. The highest BCUT2D eigenvalue weighted by molar-refractivity contribution is 6.35. The third-order valence-corrected chi connectivity index (χ3v) is 2.84. The van der Waals surface area contributed by atoms with E-state index < -0.39 is 0 Å². The first-order valence-corrected chi connectivity index (χ1v) is 5.38. The third-order valence-electron chi connectivity index (χ3n) is 2.54. The van der Waals surface area contributed by atoms with Crippen molar-refractivity contribution < 1.29 is 4.74 Å². The number of aryl methyl sites for hydroxylation is 1. The van der Waals surface area contributed by atoms with Crippen molar-refractivity contribution in [3.8, 4) is 5.75 Å². The molecule has 4 heteroatoms. The Kier molecular flexibility index (Phi) is 2.99. The van der Waals surface area contributed by atoms with Crippen molar-refractivity contribution in [2.75, 3.05) is 7.11 Å². The molecule has 16 heavy (non-hydrogen) atoms. The number of methoxy groups -OCH3 is 1. The van der Waals surface area contributed by atoms with Gasteiger partial charge in [-0.05, 0) is 25.1 Å². The summed E-state index contributed by atoms with van der Waals surface area (Å²) in [6, 6.07) is 5.60. The fourth-order valence-electron chi connectivity index (χ4n) is 1.85. The van der Waals surface area contributed by atoms with Crippen LogP contribution in [0.3, 0.4) is 0 Å². The Bertz CT molecular complexity index is 540. The van der Waals surface area contributed by atoms with Crippen molar-refractivity contribution in [1.82, 2.24) is 4.98 Å². The molecule has 2 rings (SSSR count). The fraction of sp³-hybridized carbons (Fsp3) is 0.250. The second-order valence-corrected chi connectivity index (χ2v) is 4.00. The van der Waals surface area contributed by atoms with Crippen LogP contribution in [0, 0.1) is 6.92 Å². The quantitative estimate of drug-likeness (QED) is 0.872. The van der Waals surface area contributed by atoms with Crippen molar-refractivity contribution in [1.29, 1.82) is 0 Å². The second kappa shape index (κ2) is 4.28. The average molecular weight is 237 g/mol. The van der Waals surface area contributed by atoms with Crippen molar-refractivity contribution >= 4 is 22.5 Å². The van der Waals surface area contributed by atoms with Crippen LogP contribution in [0.1, 0.15) is 11.3 Å². The van der Waals surface area contributed by atoms with Gasteiger partial charge in [-0.2, -0.15) is 0 Å². The lowest BCUT2D eigenvalue weighted by Crippen LogP contribution is -2.02. The van der Waals surface area contributed by atoms with Gasteiger partial charge in [-0.15, -0.1) is 0 Å². The van der Waals surface area contributed by atoms with Gasteiger partial charge in [0.15, 0.2) is 0 Å². The summed E-state index contributed by atoms with van der Waals surface area (Å²) in [6.07, 6.45) is 0. The lowest BCUT2D eigenvalue weighted by molar-refractivity contribution is 0.410. The van der Waals surface area contributed by atoms with Crippen molar-refractivity contribution in [3.63, 3.8) is 0 Å². The highest BCUT2D eigenvalue weighted by atomic mass is 35.5. The number of hydrogen-bond acceptors (Lipinski definition) is 3. The van der Waals surface area contributed by atoms with Crippen LogP contribution < -0.4 is 10.5 Å². The van der Waals surface area contributed by atoms with Gasteiger partial charge in [0.1, 0.15) is 5.75 Å². The Morgan fingerprint density at radius 2 is 2.19 bits per heavy atom. The molecule has 0 aliphatic rings. The maximum atomic E-state index is 6.22. The summed E-state index contributed by atoms with van der Waals surface area (Å²) in [7, 11) is 1.62. The van der Waals surface area contributed by atoms with Crippen LogP contribution in [-0.2, 0) is 6.54 Å². The van der Waals surface area contributed by atoms with Gasteiger partial charge < -0.3 is 10.5 Å². The van der Waals surface area contributed by atoms with Crippen LogP contribution in [0.15, 0.2) is 18.2 Å². The van der Waals surface area contributed by atoms with Crippen LogP contribution in [-0.4, -0.2) is 12.1 Å². The van der Waals surface area contributed by atoms with Gasteiger partial charge in [-0.1, -0.05) is 11.6 Å². The molecule has 2 aromatic rings. The summed E-state index contributed by atoms with van der Waals surface area (Å²) in [4.78, 5) is 4.42. The largest absolute Gasteiger partial charge is 0.496 e. The van der Waals surface area contributed by atoms with E-state index in [0.717, 1.165) is 27.9 Å². The SMILES string of the molecule is COc1ccc2nc(C)cc(Cl)c2c1CN. The molecule has 0 atom stereocenters. The van der Waals surface area contributed by atoms with E-state index in [-0.39, 0.29) is 0 Å². The van der Waals surface area contributed by atoms with Crippen LogP contribution in [0.2, 0.25) is 5.02 Å². The molecule has 2 N–H and O–H groups in total. The standard InChI is InChI=1S/C12H13ClN2O/c1-7-5-9(13)12-8(6-14)11(16-2)4-3-10(12)15-7/h3-5H,6,14H2,1-2H3. The number of fused-ring (bicyclic) bond motifs is 1. The molecule has 0 saturated carbocycles. The van der Waals surface area contributed by atoms with Gasteiger partial charge in [0.05, 0.1) is 17.6 Å². The number of nitrogens with zero attached hydrogens (tertiary/aromatic N) is 1. The van der Waals surface area contributed by atoms with E-state index in [1.165, 1.54) is 0 Å². The molecule has 0 bridgehead atoms. The number of pyridine rings is 1. The van der Waals surface area contributed by atoms with E-state index >= 15 is 0 Å². The van der Waals surface area contributed by atoms with Crippen LogP contribution in [0.25, 0.3) is 10.9 Å². The molecular formula is C12H13ClN2O. The maximum Gasteiger partial charge on any atom is 0.124 e. The van der Waals surface area contributed by atoms with E-state index in [2.05, 4.69) is 4.98 Å². The Balaban J connectivity index is 2.86. The lowest BCUT2D eigenvalue weighted by atomic mass is 10.1. The zero-order valence-electron chi connectivity index (χ0n) is 9.25. The summed E-state index contributed by atoms with van der Waals surface area (Å²) >= 11 is 6.22. The lowest BCUT2D eigenvalue weighted by Gasteiger charge is -2.11. The van der Waals surface area contributed by atoms with Crippen molar-refractivity contribution in [2.24, 2.45) is 5.73 Å². The molecule has 0 fully saturated rings. The number of rotatable bonds is 2. The molecule has 1 heterocycles. The topological polar surface area (TPSA) is 48.1 Å². The van der Waals surface area contributed by atoms with E-state index in [4.69, 9.17) is 22.1 Å². The number of aromatic nitrogens is 1. The molecule has 1 aromatic carbocycles. The molecule has 84 valence electrons. The van der Waals surface area contributed by atoms with Crippen molar-refractivity contribution in [2.45, 2.75) is 13.5 Å². The van der Waals surface area contributed by atoms with Crippen LogP contribution in [0.4, 0.5) is 0 Å². The molecule has 3 nitrogen and oxygen atoms in total. The summed E-state index contributed by atoms with van der Waals surface area (Å²) < 4.78 is 5.26. The predicted octanol–water partition coefficient (Wildman–Crippen LogP) is 2.66. The zero-order valence-corrected chi connectivity index (χ0v) is 10.0. The fourth-order valence-corrected chi connectivity index (χ4v) is 2.22. The number of ether oxygens (including phenoxy) is 1. The summed E-state index contributed by atoms with van der Waals surface area (Å²) in [6.45, 7) is 2.29. The Morgan fingerprint density at radius 1 is 1.44 bits per heavy atom. The highest BCUT2D eigenvalue weighted by Gasteiger charge is 2.11. The van der Waals surface area contributed by atoms with Crippen LogP contribution in [0.5, 0.6) is 5.75 Å². The van der Waals surface area contributed by atoms with E-state index in [1.54, 1.807) is 7.11 Å². The molecule has 0 aliphatic carbocycles. The third kappa shape index (κ3) is 1.72. The summed E-state index contributed by atoms with van der Waals surface area (Å²) in [5, 5.41) is 1.55. The smallest absolute Gasteiger partial charge is 0.124 e. The highest BCUT2D eigenvalue weighted by Crippen LogP contribution is 2.32. The molecule has 0 radical (unpaired) electrons. The number of benzene rings is 1. The predicted molar refractivity (Wildman–Crippen MR) is 65.9 cm³/mol. The van der Waals surface area contributed by atoms with Gasteiger partial charge in [-0.3, -0.25) is 4.98 Å². The Hall–Kier alpha value is -1.32. The number of halogens is 1. The molecule has 0 spiro atoms. The van der Waals surface area contributed by atoms with Gasteiger partial charge in [0.25, 0.3) is 0 Å². The van der Waals surface area contributed by atoms with E-state index in [0.29, 0.717) is 11.6 Å². The van der Waals surface area contributed by atoms with Gasteiger partial charge in [-0.25, -0.2) is 0 Å². The monoisotopic (exact) mass is 236 g/mol. The van der Waals surface area contributed by atoms with E-state index in [1.807, 2.05) is 25.1 Å². The molecule has 0 unspecified atom stereocenters. The zero-order chi connectivity index (χ0) is 11.7. The molecule has 0 amide bonds. The van der Waals surface area contributed by atoms with E-state index in [9.17, 15) is 0 Å². The molecule has 1 aromatic heterocycles. The normalized spacial score (nSPS) is 10.8. The first-order valence-electron chi connectivity index (χ1n) is 5.00. The minimum absolute atomic E-state index is 0.380. The van der Waals surface area contributed by atoms with Crippen LogP contribution >= 0.6 is 11.6 Å². The molecular weight excluding hydrogens is 224 g/mol. The Morgan fingerprint density at radius 3 is 2.81 bits per heavy atom. The maximum absolute atomic E-state index is 6.22. The molecule has 0 saturated heterocycles. The number of hydrogen-bond donors (Lipinski definition) is 1. The molecule has 0 aliphatic heterocycles. The van der Waals surface area contributed by atoms with Gasteiger partial charge in [0.2, 0.25) is 0 Å². The second-order valence-electron chi connectivity index (χ2n) is 3.59.